The molecule has 0 bridgehead atoms. The zero-order chi connectivity index (χ0) is 12.9. The highest BCUT2D eigenvalue weighted by atomic mass is 32.1. The third-order valence-corrected chi connectivity index (χ3v) is 5.66. The largest absolute Gasteiger partial charge is 0.346 e. The van der Waals surface area contributed by atoms with Crippen LogP contribution in [0.2, 0.25) is 0 Å². The first-order valence-electron chi connectivity index (χ1n) is 7.08. The highest BCUT2D eigenvalue weighted by molar-refractivity contribution is 7.13. The number of anilines is 1. The van der Waals surface area contributed by atoms with E-state index >= 15 is 0 Å². The Balaban J connectivity index is 1.43. The molecule has 0 unspecified atom stereocenters. The van der Waals surface area contributed by atoms with Crippen LogP contribution in [0.3, 0.4) is 0 Å². The minimum atomic E-state index is 0.255. The van der Waals surface area contributed by atoms with Crippen molar-refractivity contribution in [2.45, 2.75) is 25.7 Å². The molecule has 2 aliphatic heterocycles. The van der Waals surface area contributed by atoms with Gasteiger partial charge >= 0.3 is 0 Å². The van der Waals surface area contributed by atoms with E-state index < -0.39 is 0 Å². The van der Waals surface area contributed by atoms with Gasteiger partial charge in [0.15, 0.2) is 0 Å². The fraction of sp³-hybridized carbons (Fsp3) is 0.769. The SMILES string of the molecule is O=C([C@@H]1C[C@]12CCN(c1nncs1)C2)N1CCCC1. The van der Waals surface area contributed by atoms with Crippen LogP contribution in [0.5, 0.6) is 0 Å². The number of aromatic nitrogens is 2. The second kappa shape index (κ2) is 4.16. The lowest BCUT2D eigenvalue weighted by Crippen LogP contribution is -2.31. The molecular weight excluding hydrogens is 260 g/mol. The summed E-state index contributed by atoms with van der Waals surface area (Å²) < 4.78 is 0. The highest BCUT2D eigenvalue weighted by Gasteiger charge is 2.61. The minimum Gasteiger partial charge on any atom is -0.346 e. The lowest BCUT2D eigenvalue weighted by atomic mass is 10.0. The zero-order valence-electron chi connectivity index (χ0n) is 10.9. The molecule has 1 aromatic heterocycles. The molecule has 19 heavy (non-hydrogen) atoms. The summed E-state index contributed by atoms with van der Waals surface area (Å²) in [5, 5.41) is 9.05. The van der Waals surface area contributed by atoms with E-state index in [1.165, 1.54) is 12.8 Å². The van der Waals surface area contributed by atoms with E-state index in [9.17, 15) is 4.79 Å². The number of amides is 1. The van der Waals surface area contributed by atoms with Gasteiger partial charge in [0.1, 0.15) is 5.51 Å². The van der Waals surface area contributed by atoms with E-state index in [0.29, 0.717) is 5.91 Å². The molecule has 2 atom stereocenters. The smallest absolute Gasteiger partial charge is 0.226 e. The van der Waals surface area contributed by atoms with Gasteiger partial charge in [0.05, 0.1) is 0 Å². The van der Waals surface area contributed by atoms with E-state index in [-0.39, 0.29) is 11.3 Å². The third-order valence-electron chi connectivity index (χ3n) is 4.91. The quantitative estimate of drug-likeness (QED) is 0.820. The van der Waals surface area contributed by atoms with Gasteiger partial charge in [0.2, 0.25) is 11.0 Å². The molecule has 102 valence electrons. The highest BCUT2D eigenvalue weighted by Crippen LogP contribution is 2.59. The second-order valence-corrected chi connectivity index (χ2v) is 6.86. The van der Waals surface area contributed by atoms with Crippen molar-refractivity contribution in [1.82, 2.24) is 15.1 Å². The van der Waals surface area contributed by atoms with Crippen LogP contribution in [0, 0.1) is 11.3 Å². The Labute approximate surface area is 116 Å². The number of hydrogen-bond acceptors (Lipinski definition) is 5. The Bertz CT molecular complexity index is 485. The maximum atomic E-state index is 12.4. The van der Waals surface area contributed by atoms with Crippen LogP contribution in [0.4, 0.5) is 5.13 Å². The maximum absolute atomic E-state index is 12.4. The van der Waals surface area contributed by atoms with Crippen LogP contribution in [0.25, 0.3) is 0 Å². The monoisotopic (exact) mass is 278 g/mol. The fourth-order valence-corrected chi connectivity index (χ4v) is 4.26. The number of carbonyl (C=O) groups excluding carboxylic acids is 1. The molecule has 1 aromatic rings. The number of nitrogens with zero attached hydrogens (tertiary/aromatic N) is 4. The topological polar surface area (TPSA) is 49.3 Å². The summed E-state index contributed by atoms with van der Waals surface area (Å²) >= 11 is 1.59. The van der Waals surface area contributed by atoms with E-state index in [4.69, 9.17) is 0 Å². The Kier molecular flexibility index (Phi) is 2.55. The summed E-state index contributed by atoms with van der Waals surface area (Å²) in [5.41, 5.74) is 2.03. The molecule has 0 radical (unpaired) electrons. The number of rotatable bonds is 2. The van der Waals surface area contributed by atoms with Crippen LogP contribution in [0.1, 0.15) is 25.7 Å². The summed E-state index contributed by atoms with van der Waals surface area (Å²) in [6.45, 7) is 3.97. The van der Waals surface area contributed by atoms with Crippen molar-refractivity contribution in [3.05, 3.63) is 5.51 Å². The summed E-state index contributed by atoms with van der Waals surface area (Å²) in [5.74, 6) is 0.695. The Morgan fingerprint density at radius 1 is 1.37 bits per heavy atom. The zero-order valence-corrected chi connectivity index (χ0v) is 11.7. The Hall–Kier alpha value is -1.17. The summed E-state index contributed by atoms with van der Waals surface area (Å²) in [7, 11) is 0. The summed E-state index contributed by atoms with van der Waals surface area (Å²) in [4.78, 5) is 16.8. The van der Waals surface area contributed by atoms with Gasteiger partial charge in [-0.3, -0.25) is 4.79 Å². The molecule has 5 nitrogen and oxygen atoms in total. The molecule has 2 saturated heterocycles. The van der Waals surface area contributed by atoms with Crippen LogP contribution < -0.4 is 4.90 Å². The lowest BCUT2D eigenvalue weighted by Gasteiger charge is -2.18. The normalized spacial score (nSPS) is 33.4. The van der Waals surface area contributed by atoms with E-state index in [1.54, 1.807) is 16.8 Å². The van der Waals surface area contributed by atoms with Crippen LogP contribution >= 0.6 is 11.3 Å². The maximum Gasteiger partial charge on any atom is 0.226 e. The molecule has 6 heteroatoms. The van der Waals surface area contributed by atoms with Crippen molar-refractivity contribution in [2.75, 3.05) is 31.1 Å². The first-order chi connectivity index (χ1) is 9.28. The average Bonchev–Trinajstić information content (AvgIpc) is 2.96. The predicted octanol–water partition coefficient (Wildman–Crippen LogP) is 1.38. The van der Waals surface area contributed by atoms with Crippen LogP contribution in [-0.2, 0) is 4.79 Å². The van der Waals surface area contributed by atoms with Gasteiger partial charge in [-0.1, -0.05) is 11.3 Å². The second-order valence-electron chi connectivity index (χ2n) is 6.04. The van der Waals surface area contributed by atoms with Gasteiger partial charge in [-0.2, -0.15) is 0 Å². The lowest BCUT2D eigenvalue weighted by molar-refractivity contribution is -0.132. The van der Waals surface area contributed by atoms with Crippen molar-refractivity contribution >= 4 is 22.4 Å². The third kappa shape index (κ3) is 1.84. The standard InChI is InChI=1S/C13H18N4OS/c18-11(16-4-1-2-5-16)10-7-13(10)3-6-17(8-13)12-15-14-9-19-12/h9-10H,1-8H2/t10-,13-/m0/s1. The summed E-state index contributed by atoms with van der Waals surface area (Å²) in [6.07, 6.45) is 4.58. The molecule has 1 spiro atoms. The van der Waals surface area contributed by atoms with Crippen LogP contribution in [-0.4, -0.2) is 47.2 Å². The van der Waals surface area contributed by atoms with Gasteiger partial charge in [0.25, 0.3) is 0 Å². The predicted molar refractivity (Wildman–Crippen MR) is 73.1 cm³/mol. The minimum absolute atomic E-state index is 0.255. The van der Waals surface area contributed by atoms with Gasteiger partial charge < -0.3 is 9.80 Å². The number of hydrogen-bond donors (Lipinski definition) is 0. The van der Waals surface area contributed by atoms with E-state index in [0.717, 1.165) is 44.2 Å². The average molecular weight is 278 g/mol. The molecule has 3 heterocycles. The molecule has 3 fully saturated rings. The number of carbonyl (C=O) groups is 1. The molecule has 1 saturated carbocycles. The van der Waals surface area contributed by atoms with Crippen molar-refractivity contribution in [2.24, 2.45) is 11.3 Å². The molecule has 4 rings (SSSR count). The van der Waals surface area contributed by atoms with Crippen molar-refractivity contribution in [1.29, 1.82) is 0 Å². The van der Waals surface area contributed by atoms with Crippen molar-refractivity contribution < 1.29 is 4.79 Å². The fourth-order valence-electron chi connectivity index (χ4n) is 3.67. The van der Waals surface area contributed by atoms with Gasteiger partial charge in [0, 0.05) is 37.5 Å². The molecular formula is C13H18N4OS. The van der Waals surface area contributed by atoms with Gasteiger partial charge in [-0.05, 0) is 25.7 Å². The molecule has 0 aromatic carbocycles. The molecule has 0 N–H and O–H groups in total. The summed E-state index contributed by atoms with van der Waals surface area (Å²) in [6, 6.07) is 0. The van der Waals surface area contributed by atoms with E-state index in [1.807, 2.05) is 0 Å². The van der Waals surface area contributed by atoms with Gasteiger partial charge in [-0.25, -0.2) is 0 Å². The first-order valence-corrected chi connectivity index (χ1v) is 7.96. The van der Waals surface area contributed by atoms with Crippen molar-refractivity contribution in [3.8, 4) is 0 Å². The Morgan fingerprint density at radius 3 is 2.95 bits per heavy atom. The molecule has 1 amide bonds. The van der Waals surface area contributed by atoms with E-state index in [2.05, 4.69) is 20.0 Å². The molecule has 3 aliphatic rings. The van der Waals surface area contributed by atoms with Crippen molar-refractivity contribution in [3.63, 3.8) is 0 Å². The van der Waals surface area contributed by atoms with Gasteiger partial charge in [-0.15, -0.1) is 10.2 Å². The first kappa shape index (κ1) is 11.6. The van der Waals surface area contributed by atoms with Crippen LogP contribution in [0.15, 0.2) is 5.51 Å². The number of likely N-dealkylation sites (tertiary alicyclic amines) is 1. The molecule has 1 aliphatic carbocycles. The Morgan fingerprint density at radius 2 is 2.21 bits per heavy atom.